The molecule has 2 aromatic carbocycles. The summed E-state index contributed by atoms with van der Waals surface area (Å²) in [6.07, 6.45) is -3.01. The molecule has 1 amide bonds. The number of anilines is 1. The van der Waals surface area contributed by atoms with Gasteiger partial charge in [0.25, 0.3) is 5.91 Å². The van der Waals surface area contributed by atoms with Gasteiger partial charge in [0.15, 0.2) is 0 Å². The zero-order valence-electron chi connectivity index (χ0n) is 13.0. The molecule has 5 heteroatoms. The second-order valence-corrected chi connectivity index (χ2v) is 5.19. The van der Waals surface area contributed by atoms with Crippen molar-refractivity contribution in [2.45, 2.75) is 32.9 Å². The fourth-order valence-corrected chi connectivity index (χ4v) is 2.43. The Hall–Kier alpha value is -2.30. The number of hydrogen-bond acceptors (Lipinski definition) is 1. The maximum Gasteiger partial charge on any atom is 0.416 e. The van der Waals surface area contributed by atoms with Crippen molar-refractivity contribution in [2.75, 3.05) is 5.32 Å². The average molecular weight is 321 g/mol. The molecule has 0 spiro atoms. The number of para-hydroxylation sites is 1. The number of benzene rings is 2. The van der Waals surface area contributed by atoms with Gasteiger partial charge in [-0.15, -0.1) is 0 Å². The van der Waals surface area contributed by atoms with Crippen LogP contribution in [0, 0.1) is 0 Å². The molecule has 0 aromatic heterocycles. The van der Waals surface area contributed by atoms with Crippen LogP contribution < -0.4 is 5.32 Å². The smallest absolute Gasteiger partial charge is 0.321 e. The lowest BCUT2D eigenvalue weighted by Gasteiger charge is -2.15. The monoisotopic (exact) mass is 321 g/mol. The van der Waals surface area contributed by atoms with E-state index in [-0.39, 0.29) is 5.56 Å². The summed E-state index contributed by atoms with van der Waals surface area (Å²) in [6.45, 7) is 3.93. The normalized spacial score (nSPS) is 11.3. The molecule has 0 unspecified atom stereocenters. The second-order valence-electron chi connectivity index (χ2n) is 5.19. The summed E-state index contributed by atoms with van der Waals surface area (Å²) in [7, 11) is 0. The Labute approximate surface area is 133 Å². The molecule has 23 heavy (non-hydrogen) atoms. The maximum absolute atomic E-state index is 12.8. The van der Waals surface area contributed by atoms with Crippen molar-refractivity contribution >= 4 is 11.6 Å². The van der Waals surface area contributed by atoms with E-state index in [1.54, 1.807) is 0 Å². The molecule has 2 rings (SSSR count). The van der Waals surface area contributed by atoms with Gasteiger partial charge in [-0.05, 0) is 42.2 Å². The molecular formula is C18H18F3NO. The average Bonchev–Trinajstić information content (AvgIpc) is 2.54. The van der Waals surface area contributed by atoms with Gasteiger partial charge in [0, 0.05) is 11.3 Å². The molecule has 1 N–H and O–H groups in total. The summed E-state index contributed by atoms with van der Waals surface area (Å²) in [4.78, 5) is 12.4. The highest BCUT2D eigenvalue weighted by atomic mass is 19.4. The first kappa shape index (κ1) is 17.1. The van der Waals surface area contributed by atoms with E-state index in [0.29, 0.717) is 5.69 Å². The first-order valence-corrected chi connectivity index (χ1v) is 7.46. The van der Waals surface area contributed by atoms with E-state index in [9.17, 15) is 18.0 Å². The van der Waals surface area contributed by atoms with Gasteiger partial charge in [0.1, 0.15) is 0 Å². The lowest BCUT2D eigenvalue weighted by atomic mass is 10.0. The molecule has 0 radical (unpaired) electrons. The van der Waals surface area contributed by atoms with Crippen molar-refractivity contribution in [1.29, 1.82) is 0 Å². The van der Waals surface area contributed by atoms with Crippen molar-refractivity contribution in [3.63, 3.8) is 0 Å². The third kappa shape index (κ3) is 3.92. The molecular weight excluding hydrogens is 303 g/mol. The third-order valence-electron chi connectivity index (χ3n) is 3.69. The molecule has 2 nitrogen and oxygen atoms in total. The highest BCUT2D eigenvalue weighted by Crippen LogP contribution is 2.30. The molecule has 0 saturated heterocycles. The molecule has 0 heterocycles. The Balaban J connectivity index is 2.33. The quantitative estimate of drug-likeness (QED) is 0.835. The molecule has 2 aromatic rings. The van der Waals surface area contributed by atoms with Crippen molar-refractivity contribution in [2.24, 2.45) is 0 Å². The first-order valence-electron chi connectivity index (χ1n) is 7.46. The lowest BCUT2D eigenvalue weighted by molar-refractivity contribution is -0.137. The van der Waals surface area contributed by atoms with Gasteiger partial charge in [-0.2, -0.15) is 13.2 Å². The maximum atomic E-state index is 12.8. The summed E-state index contributed by atoms with van der Waals surface area (Å²) in [6, 6.07) is 10.2. The van der Waals surface area contributed by atoms with Gasteiger partial charge in [0.2, 0.25) is 0 Å². The van der Waals surface area contributed by atoms with Crippen LogP contribution in [0.4, 0.5) is 18.9 Å². The Morgan fingerprint density at radius 1 is 1.00 bits per heavy atom. The number of carbonyl (C=O) groups excluding carboxylic acids is 1. The van der Waals surface area contributed by atoms with Crippen molar-refractivity contribution in [3.05, 3.63) is 64.7 Å². The molecule has 0 aliphatic carbocycles. The Morgan fingerprint density at radius 2 is 1.57 bits per heavy atom. The van der Waals surface area contributed by atoms with E-state index < -0.39 is 17.6 Å². The zero-order chi connectivity index (χ0) is 17.0. The van der Waals surface area contributed by atoms with Gasteiger partial charge in [-0.1, -0.05) is 38.1 Å². The summed E-state index contributed by atoms with van der Waals surface area (Å²) in [5.41, 5.74) is 1.78. The number of alkyl halides is 3. The van der Waals surface area contributed by atoms with Crippen LogP contribution in [0.5, 0.6) is 0 Å². The molecule has 0 aliphatic rings. The predicted octanol–water partition coefficient (Wildman–Crippen LogP) is 5.08. The Bertz CT molecular complexity index is 685. The van der Waals surface area contributed by atoms with E-state index in [0.717, 1.165) is 36.1 Å². The van der Waals surface area contributed by atoms with Gasteiger partial charge in [-0.25, -0.2) is 0 Å². The van der Waals surface area contributed by atoms with Crippen LogP contribution in [0.3, 0.4) is 0 Å². The van der Waals surface area contributed by atoms with Gasteiger partial charge in [0.05, 0.1) is 5.56 Å². The van der Waals surface area contributed by atoms with E-state index in [1.165, 1.54) is 12.1 Å². The molecule has 0 atom stereocenters. The zero-order valence-corrected chi connectivity index (χ0v) is 13.0. The summed E-state index contributed by atoms with van der Waals surface area (Å²) in [5.74, 6) is -0.535. The fourth-order valence-electron chi connectivity index (χ4n) is 2.43. The van der Waals surface area contributed by atoms with Gasteiger partial charge >= 0.3 is 6.18 Å². The Kier molecular flexibility index (Phi) is 5.08. The first-order chi connectivity index (χ1) is 10.9. The highest BCUT2D eigenvalue weighted by molar-refractivity contribution is 6.05. The van der Waals surface area contributed by atoms with Crippen LogP contribution in [0.15, 0.2) is 42.5 Å². The minimum absolute atomic E-state index is 0.00668. The SMILES string of the molecule is CCc1cccc(CC)c1NC(=O)c1cccc(C(F)(F)F)c1. The largest absolute Gasteiger partial charge is 0.416 e. The number of hydrogen-bond donors (Lipinski definition) is 1. The van der Waals surface area contributed by atoms with Crippen LogP contribution in [-0.2, 0) is 19.0 Å². The minimum Gasteiger partial charge on any atom is -0.321 e. The highest BCUT2D eigenvalue weighted by Gasteiger charge is 2.30. The van der Waals surface area contributed by atoms with Crippen LogP contribution in [0.25, 0.3) is 0 Å². The van der Waals surface area contributed by atoms with Crippen molar-refractivity contribution in [3.8, 4) is 0 Å². The molecule has 0 aliphatic heterocycles. The van der Waals surface area contributed by atoms with Crippen LogP contribution in [0.2, 0.25) is 0 Å². The van der Waals surface area contributed by atoms with Crippen LogP contribution >= 0.6 is 0 Å². The van der Waals surface area contributed by atoms with Crippen LogP contribution in [0.1, 0.15) is 40.9 Å². The Morgan fingerprint density at radius 3 is 2.09 bits per heavy atom. The number of nitrogens with one attached hydrogen (secondary N) is 1. The van der Waals surface area contributed by atoms with Gasteiger partial charge in [-0.3, -0.25) is 4.79 Å². The van der Waals surface area contributed by atoms with E-state index in [4.69, 9.17) is 0 Å². The van der Waals surface area contributed by atoms with Crippen molar-refractivity contribution in [1.82, 2.24) is 0 Å². The van der Waals surface area contributed by atoms with E-state index >= 15 is 0 Å². The number of carbonyl (C=O) groups is 1. The minimum atomic E-state index is -4.47. The predicted molar refractivity (Wildman–Crippen MR) is 84.6 cm³/mol. The number of aryl methyl sites for hydroxylation is 2. The second kappa shape index (κ2) is 6.86. The fraction of sp³-hybridized carbons (Fsp3) is 0.278. The third-order valence-corrected chi connectivity index (χ3v) is 3.69. The molecule has 0 bridgehead atoms. The van der Waals surface area contributed by atoms with E-state index in [1.807, 2.05) is 32.0 Å². The molecule has 0 fully saturated rings. The topological polar surface area (TPSA) is 29.1 Å². The molecule has 122 valence electrons. The van der Waals surface area contributed by atoms with Crippen LogP contribution in [-0.4, -0.2) is 5.91 Å². The van der Waals surface area contributed by atoms with Crippen molar-refractivity contribution < 1.29 is 18.0 Å². The molecule has 0 saturated carbocycles. The van der Waals surface area contributed by atoms with Gasteiger partial charge < -0.3 is 5.32 Å². The van der Waals surface area contributed by atoms with E-state index in [2.05, 4.69) is 5.32 Å². The lowest BCUT2D eigenvalue weighted by Crippen LogP contribution is -2.16. The summed E-state index contributed by atoms with van der Waals surface area (Å²) in [5, 5.41) is 2.77. The number of amides is 1. The summed E-state index contributed by atoms with van der Waals surface area (Å²) >= 11 is 0. The standard InChI is InChI=1S/C18H18F3NO/c1-3-12-7-5-8-13(4-2)16(12)22-17(23)14-9-6-10-15(11-14)18(19,20)21/h5-11H,3-4H2,1-2H3,(H,22,23). The number of rotatable bonds is 4. The summed E-state index contributed by atoms with van der Waals surface area (Å²) < 4.78 is 38.3. The number of halogens is 3.